The maximum Gasteiger partial charge on any atom is -0.000718 e. The predicted octanol–water partition coefficient (Wildman–Crippen LogP) is 15.3. The molecule has 0 aromatic heterocycles. The van der Waals surface area contributed by atoms with Crippen LogP contribution in [-0.2, 0) is 0 Å². The third-order valence-corrected chi connectivity index (χ3v) is 11.9. The molecule has 11 aromatic rings. The van der Waals surface area contributed by atoms with Gasteiger partial charge in [0, 0.05) is 0 Å². The normalized spacial score (nSPS) is 12.1. The molecule has 0 atom stereocenters. The topological polar surface area (TPSA) is 0 Å². The van der Waals surface area contributed by atoms with Crippen molar-refractivity contribution >= 4 is 64.6 Å². The van der Waals surface area contributed by atoms with Crippen LogP contribution in [0.4, 0.5) is 0 Å². The molecule has 0 saturated heterocycles. The van der Waals surface area contributed by atoms with Crippen LogP contribution < -0.4 is 0 Å². The Labute approximate surface area is 313 Å². The van der Waals surface area contributed by atoms with Crippen LogP contribution >= 0.6 is 0 Å². The Balaban J connectivity index is 1.31. The minimum absolute atomic E-state index is 1.22. The first-order chi connectivity index (χ1) is 26.8. The summed E-state index contributed by atoms with van der Waals surface area (Å²) in [5.74, 6) is 0. The maximum atomic E-state index is 2.51. The molecule has 0 bridgehead atoms. The summed E-state index contributed by atoms with van der Waals surface area (Å²) in [7, 11) is 0. The Kier molecular flexibility index (Phi) is 6.15. The molecule has 1 aliphatic carbocycles. The predicted molar refractivity (Wildman–Crippen MR) is 232 cm³/mol. The minimum atomic E-state index is 1.22. The van der Waals surface area contributed by atoms with E-state index in [-0.39, 0.29) is 0 Å². The summed E-state index contributed by atoms with van der Waals surface area (Å²) in [4.78, 5) is 0. The molecule has 12 rings (SSSR count). The highest BCUT2D eigenvalue weighted by Crippen LogP contribution is 2.59. The van der Waals surface area contributed by atoms with E-state index in [9.17, 15) is 0 Å². The van der Waals surface area contributed by atoms with E-state index in [1.807, 2.05) is 0 Å². The zero-order valence-electron chi connectivity index (χ0n) is 29.5. The number of benzene rings is 11. The van der Waals surface area contributed by atoms with Gasteiger partial charge in [0.15, 0.2) is 0 Å². The fourth-order valence-electron chi connectivity index (χ4n) is 9.50. The van der Waals surface area contributed by atoms with Crippen molar-refractivity contribution in [2.24, 2.45) is 0 Å². The Morgan fingerprint density at radius 1 is 0.204 bits per heavy atom. The van der Waals surface area contributed by atoms with E-state index in [4.69, 9.17) is 0 Å². The fraction of sp³-hybridized carbons (Fsp3) is 0. The summed E-state index contributed by atoms with van der Waals surface area (Å²) in [5.41, 5.74) is 12.8. The lowest BCUT2D eigenvalue weighted by atomic mass is 9.81. The lowest BCUT2D eigenvalue weighted by molar-refractivity contribution is 1.62. The average Bonchev–Trinajstić information content (AvgIpc) is 3.56. The molecule has 0 radical (unpaired) electrons. The third-order valence-electron chi connectivity index (χ3n) is 11.9. The molecule has 248 valence electrons. The molecule has 0 amide bonds. The smallest absolute Gasteiger partial charge is 0.000718 e. The summed E-state index contributed by atoms with van der Waals surface area (Å²) in [6, 6.07) is 72.5. The molecule has 0 fully saturated rings. The summed E-state index contributed by atoms with van der Waals surface area (Å²) in [6.07, 6.45) is 0. The number of hydrogen-bond donors (Lipinski definition) is 0. The second-order valence-corrected chi connectivity index (χ2v) is 14.8. The van der Waals surface area contributed by atoms with Gasteiger partial charge in [0.2, 0.25) is 0 Å². The molecule has 0 spiro atoms. The van der Waals surface area contributed by atoms with E-state index >= 15 is 0 Å². The van der Waals surface area contributed by atoms with Gasteiger partial charge < -0.3 is 0 Å². The van der Waals surface area contributed by atoms with Crippen LogP contribution in [0.1, 0.15) is 0 Å². The molecule has 0 heteroatoms. The van der Waals surface area contributed by atoms with E-state index in [0.29, 0.717) is 0 Å². The number of hydrogen-bond acceptors (Lipinski definition) is 0. The van der Waals surface area contributed by atoms with Crippen LogP contribution in [-0.4, -0.2) is 0 Å². The zero-order chi connectivity index (χ0) is 35.3. The van der Waals surface area contributed by atoms with Crippen LogP contribution in [0.3, 0.4) is 0 Å². The summed E-state index contributed by atoms with van der Waals surface area (Å²) in [5, 5.41) is 15.4. The quantitative estimate of drug-likeness (QED) is 0.163. The monoisotopic (exact) mass is 680 g/mol. The first-order valence-electron chi connectivity index (χ1n) is 18.8. The van der Waals surface area contributed by atoms with Gasteiger partial charge in [-0.3, -0.25) is 0 Å². The van der Waals surface area contributed by atoms with Crippen molar-refractivity contribution < 1.29 is 0 Å². The molecular formula is C54H32. The first kappa shape index (κ1) is 29.5. The van der Waals surface area contributed by atoms with E-state index in [1.54, 1.807) is 0 Å². The summed E-state index contributed by atoms with van der Waals surface area (Å²) in [6.45, 7) is 0. The molecule has 11 aromatic carbocycles. The highest BCUT2D eigenvalue weighted by atomic mass is 14.3. The van der Waals surface area contributed by atoms with Gasteiger partial charge in [0.05, 0.1) is 0 Å². The van der Waals surface area contributed by atoms with Crippen LogP contribution in [0.2, 0.25) is 0 Å². The molecule has 0 unspecified atom stereocenters. The van der Waals surface area contributed by atoms with Crippen molar-refractivity contribution in [3.63, 3.8) is 0 Å². The lowest BCUT2D eigenvalue weighted by Crippen LogP contribution is -1.95. The van der Waals surface area contributed by atoms with Gasteiger partial charge in [-0.2, -0.15) is 0 Å². The Morgan fingerprint density at radius 3 is 1.50 bits per heavy atom. The molecule has 0 nitrogen and oxygen atoms in total. The number of rotatable bonds is 3. The van der Waals surface area contributed by atoms with Gasteiger partial charge in [-0.15, -0.1) is 0 Å². The van der Waals surface area contributed by atoms with Gasteiger partial charge in [0.25, 0.3) is 0 Å². The van der Waals surface area contributed by atoms with Gasteiger partial charge >= 0.3 is 0 Å². The van der Waals surface area contributed by atoms with Crippen LogP contribution in [0.5, 0.6) is 0 Å². The Hall–Kier alpha value is -7.02. The Bertz CT molecular complexity index is 3370. The van der Waals surface area contributed by atoms with E-state index < -0.39 is 0 Å². The van der Waals surface area contributed by atoms with Crippen LogP contribution in [0, 0.1) is 0 Å². The second kappa shape index (κ2) is 11.2. The zero-order valence-corrected chi connectivity index (χ0v) is 29.5. The highest BCUT2D eigenvalue weighted by Gasteiger charge is 2.32. The Morgan fingerprint density at radius 2 is 0.759 bits per heavy atom. The second-order valence-electron chi connectivity index (χ2n) is 14.8. The molecule has 54 heavy (non-hydrogen) atoms. The van der Waals surface area contributed by atoms with Gasteiger partial charge in [0.1, 0.15) is 0 Å². The minimum Gasteiger partial charge on any atom is -0.0622 e. The summed E-state index contributed by atoms with van der Waals surface area (Å²) >= 11 is 0. The van der Waals surface area contributed by atoms with Crippen molar-refractivity contribution in [3.8, 4) is 55.6 Å². The van der Waals surface area contributed by atoms with Crippen molar-refractivity contribution in [2.45, 2.75) is 0 Å². The molecule has 0 saturated carbocycles. The number of fused-ring (bicyclic) bond motifs is 10. The van der Waals surface area contributed by atoms with Crippen molar-refractivity contribution in [1.82, 2.24) is 0 Å². The molecule has 0 heterocycles. The van der Waals surface area contributed by atoms with Crippen molar-refractivity contribution in [3.05, 3.63) is 194 Å². The lowest BCUT2D eigenvalue weighted by Gasteiger charge is -2.22. The van der Waals surface area contributed by atoms with E-state index in [1.165, 1.54) is 120 Å². The largest absolute Gasteiger partial charge is 0.0622 e. The van der Waals surface area contributed by atoms with Crippen LogP contribution in [0.15, 0.2) is 194 Å². The average molecular weight is 681 g/mol. The van der Waals surface area contributed by atoms with Crippen molar-refractivity contribution in [1.29, 1.82) is 0 Å². The van der Waals surface area contributed by atoms with E-state index in [0.717, 1.165) is 0 Å². The van der Waals surface area contributed by atoms with Crippen LogP contribution in [0.25, 0.3) is 120 Å². The maximum absolute atomic E-state index is 2.51. The molecular weight excluding hydrogens is 649 g/mol. The standard InChI is InChI=1S/C54H32/c1-2-11-33(12-3-1)39-26-28-45-48(31-39)51(41-24-22-35-14-5-7-17-38(35)30-41)54-49-32-47-42-18-9-8-15-36(42)25-27-43(47)44-19-10-20-46(52(44)49)53(54)50(45)40-23-21-34-13-4-6-16-37(34)29-40/h1-32H. The third kappa shape index (κ3) is 4.20. The van der Waals surface area contributed by atoms with Crippen molar-refractivity contribution in [2.75, 3.05) is 0 Å². The first-order valence-corrected chi connectivity index (χ1v) is 18.8. The SMILES string of the molecule is c1ccc(-c2ccc3c(-c4ccc5ccccc5c4)c4c(c(-c5ccc6ccccc6c5)c3c2)-c2cc3c5ccccc5ccc3c3cccc-4c23)cc1. The van der Waals surface area contributed by atoms with E-state index in [2.05, 4.69) is 194 Å². The van der Waals surface area contributed by atoms with Gasteiger partial charge in [-0.05, 0) is 145 Å². The highest BCUT2D eigenvalue weighted by molar-refractivity contribution is 6.33. The molecule has 0 aliphatic heterocycles. The molecule has 1 aliphatic rings. The van der Waals surface area contributed by atoms with Gasteiger partial charge in [-0.1, -0.05) is 170 Å². The summed E-state index contributed by atoms with van der Waals surface area (Å²) < 4.78 is 0. The molecule has 0 N–H and O–H groups in total. The fourth-order valence-corrected chi connectivity index (χ4v) is 9.50. The van der Waals surface area contributed by atoms with Gasteiger partial charge in [-0.25, -0.2) is 0 Å².